The molecule has 4 aromatic rings. The first-order chi connectivity index (χ1) is 12.5. The van der Waals surface area contributed by atoms with Gasteiger partial charge in [0, 0.05) is 24.5 Å². The van der Waals surface area contributed by atoms with Crippen molar-refractivity contribution in [1.82, 2.24) is 14.8 Å². The summed E-state index contributed by atoms with van der Waals surface area (Å²) in [4.78, 5) is 16.9. The predicted molar refractivity (Wildman–Crippen MR) is 100 cm³/mol. The Morgan fingerprint density at radius 3 is 2.65 bits per heavy atom. The highest BCUT2D eigenvalue weighted by Gasteiger charge is 2.14. The Morgan fingerprint density at radius 2 is 1.96 bits per heavy atom. The van der Waals surface area contributed by atoms with E-state index >= 15 is 0 Å². The maximum atomic E-state index is 12.3. The average Bonchev–Trinajstić information content (AvgIpc) is 3.22. The summed E-state index contributed by atoms with van der Waals surface area (Å²) in [5.41, 5.74) is 5.81. The van der Waals surface area contributed by atoms with Crippen LogP contribution in [0, 0.1) is 13.8 Å². The molecule has 1 amide bonds. The number of rotatable bonds is 3. The van der Waals surface area contributed by atoms with Gasteiger partial charge in [0.2, 0.25) is 5.89 Å². The number of nitrogens with one attached hydrogen (secondary N) is 1. The summed E-state index contributed by atoms with van der Waals surface area (Å²) < 4.78 is 7.44. The number of amides is 1. The highest BCUT2D eigenvalue weighted by atomic mass is 16.3. The van der Waals surface area contributed by atoms with Crippen molar-refractivity contribution in [1.29, 1.82) is 0 Å². The molecular weight excluding hydrogens is 328 g/mol. The molecular formula is C20H18N4O2. The molecule has 0 saturated carbocycles. The van der Waals surface area contributed by atoms with Gasteiger partial charge in [-0.2, -0.15) is 5.10 Å². The fourth-order valence-corrected chi connectivity index (χ4v) is 2.97. The van der Waals surface area contributed by atoms with Gasteiger partial charge >= 0.3 is 0 Å². The maximum absolute atomic E-state index is 12.3. The zero-order chi connectivity index (χ0) is 18.3. The average molecular weight is 346 g/mol. The SMILES string of the molecule is Cc1cc(NC(=O)c2ccnn2C)ccc1-c1nc2c(C)cccc2o1. The Kier molecular flexibility index (Phi) is 3.80. The van der Waals surface area contributed by atoms with Gasteiger partial charge < -0.3 is 9.73 Å². The van der Waals surface area contributed by atoms with E-state index in [0.717, 1.165) is 27.8 Å². The van der Waals surface area contributed by atoms with Crippen molar-refractivity contribution in [2.45, 2.75) is 13.8 Å². The van der Waals surface area contributed by atoms with Gasteiger partial charge in [0.1, 0.15) is 11.2 Å². The molecule has 0 spiro atoms. The Bertz CT molecular complexity index is 1120. The number of benzene rings is 2. The zero-order valence-corrected chi connectivity index (χ0v) is 14.8. The van der Waals surface area contributed by atoms with E-state index in [-0.39, 0.29) is 5.91 Å². The Morgan fingerprint density at radius 1 is 1.12 bits per heavy atom. The van der Waals surface area contributed by atoms with Crippen molar-refractivity contribution in [3.8, 4) is 11.5 Å². The van der Waals surface area contributed by atoms with Crippen LogP contribution in [0.25, 0.3) is 22.6 Å². The molecule has 2 heterocycles. The van der Waals surface area contributed by atoms with Gasteiger partial charge in [-0.15, -0.1) is 0 Å². The molecule has 0 aliphatic rings. The lowest BCUT2D eigenvalue weighted by molar-refractivity contribution is 0.101. The van der Waals surface area contributed by atoms with Gasteiger partial charge in [-0.25, -0.2) is 4.98 Å². The summed E-state index contributed by atoms with van der Waals surface area (Å²) in [7, 11) is 1.73. The minimum Gasteiger partial charge on any atom is -0.436 e. The van der Waals surface area contributed by atoms with Crippen LogP contribution >= 0.6 is 0 Å². The molecule has 26 heavy (non-hydrogen) atoms. The number of hydrogen-bond acceptors (Lipinski definition) is 4. The molecule has 2 aromatic carbocycles. The summed E-state index contributed by atoms with van der Waals surface area (Å²) in [6, 6.07) is 13.2. The molecule has 4 rings (SSSR count). The molecule has 130 valence electrons. The van der Waals surface area contributed by atoms with Crippen LogP contribution in [-0.4, -0.2) is 20.7 Å². The Labute approximate surface area is 150 Å². The van der Waals surface area contributed by atoms with Crippen LogP contribution in [0.2, 0.25) is 0 Å². The normalized spacial score (nSPS) is 11.0. The summed E-state index contributed by atoms with van der Waals surface area (Å²) in [6.45, 7) is 3.98. The van der Waals surface area contributed by atoms with Gasteiger partial charge in [-0.1, -0.05) is 12.1 Å². The van der Waals surface area contributed by atoms with E-state index in [1.54, 1.807) is 19.3 Å². The van der Waals surface area contributed by atoms with Crippen LogP contribution in [0.3, 0.4) is 0 Å². The lowest BCUT2D eigenvalue weighted by atomic mass is 10.1. The third kappa shape index (κ3) is 2.75. The number of anilines is 1. The number of carbonyl (C=O) groups excluding carboxylic acids is 1. The third-order valence-electron chi connectivity index (χ3n) is 4.39. The van der Waals surface area contributed by atoms with Crippen molar-refractivity contribution in [2.24, 2.45) is 7.05 Å². The van der Waals surface area contributed by atoms with E-state index in [9.17, 15) is 4.79 Å². The largest absolute Gasteiger partial charge is 0.436 e. The van der Waals surface area contributed by atoms with Crippen LogP contribution < -0.4 is 5.32 Å². The lowest BCUT2D eigenvalue weighted by Gasteiger charge is -2.08. The molecule has 6 heteroatoms. The van der Waals surface area contributed by atoms with Crippen LogP contribution in [0.1, 0.15) is 21.6 Å². The second kappa shape index (κ2) is 6.15. The summed E-state index contributed by atoms with van der Waals surface area (Å²) >= 11 is 0. The van der Waals surface area contributed by atoms with Gasteiger partial charge in [0.05, 0.1) is 0 Å². The van der Waals surface area contributed by atoms with E-state index in [2.05, 4.69) is 15.4 Å². The fourth-order valence-electron chi connectivity index (χ4n) is 2.97. The number of nitrogens with zero attached hydrogens (tertiary/aromatic N) is 3. The quantitative estimate of drug-likeness (QED) is 0.606. The molecule has 0 atom stereocenters. The topological polar surface area (TPSA) is 73.0 Å². The molecule has 0 saturated heterocycles. The van der Waals surface area contributed by atoms with Crippen molar-refractivity contribution >= 4 is 22.7 Å². The first kappa shape index (κ1) is 16.1. The first-order valence-electron chi connectivity index (χ1n) is 8.29. The van der Waals surface area contributed by atoms with Gasteiger partial charge in [-0.3, -0.25) is 9.48 Å². The standard InChI is InChI=1S/C20H18N4O2/c1-12-5-4-6-17-18(12)23-20(26-17)15-8-7-14(11-13(15)2)22-19(25)16-9-10-21-24(16)3/h4-11H,1-3H3,(H,22,25). The van der Waals surface area contributed by atoms with E-state index in [1.807, 2.05) is 50.2 Å². The van der Waals surface area contributed by atoms with E-state index in [0.29, 0.717) is 17.3 Å². The lowest BCUT2D eigenvalue weighted by Crippen LogP contribution is -2.16. The molecule has 6 nitrogen and oxygen atoms in total. The zero-order valence-electron chi connectivity index (χ0n) is 14.8. The molecule has 2 aromatic heterocycles. The van der Waals surface area contributed by atoms with Crippen molar-refractivity contribution in [3.63, 3.8) is 0 Å². The van der Waals surface area contributed by atoms with Crippen LogP contribution in [0.5, 0.6) is 0 Å². The third-order valence-corrected chi connectivity index (χ3v) is 4.39. The molecule has 0 aliphatic carbocycles. The van der Waals surface area contributed by atoms with Crippen molar-refractivity contribution < 1.29 is 9.21 Å². The second-order valence-electron chi connectivity index (χ2n) is 6.26. The second-order valence-corrected chi connectivity index (χ2v) is 6.26. The van der Waals surface area contributed by atoms with Crippen LogP contribution in [0.4, 0.5) is 5.69 Å². The molecule has 1 N–H and O–H groups in total. The minimum absolute atomic E-state index is 0.199. The minimum atomic E-state index is -0.199. The van der Waals surface area contributed by atoms with Crippen molar-refractivity contribution in [2.75, 3.05) is 5.32 Å². The Balaban J connectivity index is 1.64. The van der Waals surface area contributed by atoms with Gasteiger partial charge in [0.25, 0.3) is 5.91 Å². The monoisotopic (exact) mass is 346 g/mol. The highest BCUT2D eigenvalue weighted by Crippen LogP contribution is 2.29. The van der Waals surface area contributed by atoms with Crippen LogP contribution in [-0.2, 0) is 7.05 Å². The molecule has 0 fully saturated rings. The fraction of sp³-hybridized carbons (Fsp3) is 0.150. The number of oxazole rings is 1. The number of aromatic nitrogens is 3. The molecule has 0 unspecified atom stereocenters. The molecule has 0 aliphatic heterocycles. The maximum Gasteiger partial charge on any atom is 0.273 e. The van der Waals surface area contributed by atoms with Crippen molar-refractivity contribution in [3.05, 3.63) is 65.5 Å². The van der Waals surface area contributed by atoms with E-state index in [4.69, 9.17) is 4.42 Å². The van der Waals surface area contributed by atoms with E-state index in [1.165, 1.54) is 4.68 Å². The van der Waals surface area contributed by atoms with Gasteiger partial charge in [-0.05, 0) is 55.3 Å². The molecule has 0 radical (unpaired) electrons. The summed E-state index contributed by atoms with van der Waals surface area (Å²) in [5, 5.41) is 6.90. The first-order valence-corrected chi connectivity index (χ1v) is 8.29. The molecule has 0 bridgehead atoms. The Hall–Kier alpha value is -3.41. The predicted octanol–water partition coefficient (Wildman–Crippen LogP) is 4.10. The number of para-hydroxylation sites is 1. The number of aryl methyl sites for hydroxylation is 3. The summed E-state index contributed by atoms with van der Waals surface area (Å²) in [6.07, 6.45) is 1.60. The van der Waals surface area contributed by atoms with E-state index < -0.39 is 0 Å². The number of hydrogen-bond donors (Lipinski definition) is 1. The van der Waals surface area contributed by atoms with Crippen LogP contribution in [0.15, 0.2) is 53.1 Å². The van der Waals surface area contributed by atoms with Gasteiger partial charge in [0.15, 0.2) is 5.58 Å². The summed E-state index contributed by atoms with van der Waals surface area (Å²) in [5.74, 6) is 0.381. The highest BCUT2D eigenvalue weighted by molar-refractivity contribution is 6.03. The number of fused-ring (bicyclic) bond motifs is 1. The smallest absolute Gasteiger partial charge is 0.273 e. The number of carbonyl (C=O) groups is 1.